The van der Waals surface area contributed by atoms with Gasteiger partial charge in [0.25, 0.3) is 0 Å². The Morgan fingerprint density at radius 1 is 1.35 bits per heavy atom. The summed E-state index contributed by atoms with van der Waals surface area (Å²) in [6.45, 7) is 1.04. The van der Waals surface area contributed by atoms with Crippen LogP contribution in [0.15, 0.2) is 30.5 Å². The zero-order valence-electron chi connectivity index (χ0n) is 9.45. The number of nitrogens with zero attached hydrogens (tertiary/aromatic N) is 2. The molecule has 0 aliphatic rings. The largest absolute Gasteiger partial charge is 0.307 e. The molecule has 0 saturated carbocycles. The molecule has 0 radical (unpaired) electrons. The van der Waals surface area contributed by atoms with Gasteiger partial charge in [0.2, 0.25) is 0 Å². The number of aromatic nitrogens is 2. The molecular formula is C12H13ClFN3. The monoisotopic (exact) mass is 253 g/mol. The molecule has 1 N–H and O–H groups in total. The van der Waals surface area contributed by atoms with Gasteiger partial charge in [0.05, 0.1) is 5.69 Å². The average molecular weight is 254 g/mol. The molecule has 0 unspecified atom stereocenters. The highest BCUT2D eigenvalue weighted by atomic mass is 35.5. The molecular weight excluding hydrogens is 241 g/mol. The SMILES string of the molecule is Cn1ccc(CNCc2cc(Cl)ccc2F)n1. The number of rotatable bonds is 4. The highest BCUT2D eigenvalue weighted by Gasteiger charge is 2.03. The van der Waals surface area contributed by atoms with E-state index in [0.29, 0.717) is 23.7 Å². The Bertz CT molecular complexity index is 510. The summed E-state index contributed by atoms with van der Waals surface area (Å²) in [5, 5.41) is 7.88. The Labute approximate surface area is 104 Å². The molecule has 2 rings (SSSR count). The van der Waals surface area contributed by atoms with E-state index in [9.17, 15) is 4.39 Å². The Morgan fingerprint density at radius 2 is 2.18 bits per heavy atom. The van der Waals surface area contributed by atoms with Gasteiger partial charge in [-0.2, -0.15) is 5.10 Å². The standard InChI is InChI=1S/C12H13ClFN3/c1-17-5-4-11(16-17)8-15-7-9-6-10(13)2-3-12(9)14/h2-6,15H,7-8H2,1H3. The molecule has 3 nitrogen and oxygen atoms in total. The zero-order chi connectivity index (χ0) is 12.3. The number of nitrogens with one attached hydrogen (secondary N) is 1. The second-order valence-electron chi connectivity index (χ2n) is 3.82. The third-order valence-electron chi connectivity index (χ3n) is 2.40. The van der Waals surface area contributed by atoms with Gasteiger partial charge in [0.15, 0.2) is 0 Å². The molecule has 0 aliphatic heterocycles. The first-order valence-corrected chi connectivity index (χ1v) is 5.66. The second kappa shape index (κ2) is 5.29. The lowest BCUT2D eigenvalue weighted by atomic mass is 10.2. The van der Waals surface area contributed by atoms with Crippen molar-refractivity contribution in [2.24, 2.45) is 7.05 Å². The molecule has 0 saturated heterocycles. The minimum atomic E-state index is -0.247. The van der Waals surface area contributed by atoms with E-state index in [1.807, 2.05) is 19.3 Å². The van der Waals surface area contributed by atoms with Crippen molar-refractivity contribution < 1.29 is 4.39 Å². The highest BCUT2D eigenvalue weighted by Crippen LogP contribution is 2.14. The predicted octanol–water partition coefficient (Wildman–Crippen LogP) is 2.50. The highest BCUT2D eigenvalue weighted by molar-refractivity contribution is 6.30. The van der Waals surface area contributed by atoms with Gasteiger partial charge in [0, 0.05) is 36.9 Å². The Morgan fingerprint density at radius 3 is 2.88 bits per heavy atom. The van der Waals surface area contributed by atoms with Crippen LogP contribution in [-0.4, -0.2) is 9.78 Å². The maximum absolute atomic E-state index is 13.4. The fourth-order valence-corrected chi connectivity index (χ4v) is 1.76. The summed E-state index contributed by atoms with van der Waals surface area (Å²) in [4.78, 5) is 0. The molecule has 1 aromatic carbocycles. The van der Waals surface area contributed by atoms with Crippen LogP contribution in [0.5, 0.6) is 0 Å². The van der Waals surface area contributed by atoms with Crippen LogP contribution in [0.1, 0.15) is 11.3 Å². The van der Waals surface area contributed by atoms with E-state index in [4.69, 9.17) is 11.6 Å². The van der Waals surface area contributed by atoms with Crippen LogP contribution in [0.2, 0.25) is 5.02 Å². The van der Waals surface area contributed by atoms with Crippen molar-refractivity contribution in [3.05, 3.63) is 52.6 Å². The third-order valence-corrected chi connectivity index (χ3v) is 2.63. The predicted molar refractivity (Wildman–Crippen MR) is 65.2 cm³/mol. The topological polar surface area (TPSA) is 29.9 Å². The molecule has 0 aliphatic carbocycles. The third kappa shape index (κ3) is 3.28. The first-order chi connectivity index (χ1) is 8.15. The maximum Gasteiger partial charge on any atom is 0.127 e. The lowest BCUT2D eigenvalue weighted by molar-refractivity contribution is 0.583. The number of aryl methyl sites for hydroxylation is 1. The smallest absolute Gasteiger partial charge is 0.127 e. The first kappa shape index (κ1) is 12.1. The number of benzene rings is 1. The van der Waals surface area contributed by atoms with E-state index in [0.717, 1.165) is 5.69 Å². The van der Waals surface area contributed by atoms with Crippen molar-refractivity contribution in [2.75, 3.05) is 0 Å². The molecule has 1 heterocycles. The van der Waals surface area contributed by atoms with Crippen LogP contribution in [-0.2, 0) is 20.1 Å². The molecule has 5 heteroatoms. The van der Waals surface area contributed by atoms with Crippen molar-refractivity contribution in [3.63, 3.8) is 0 Å². The van der Waals surface area contributed by atoms with Crippen molar-refractivity contribution in [2.45, 2.75) is 13.1 Å². The van der Waals surface area contributed by atoms with E-state index in [1.54, 1.807) is 16.8 Å². The van der Waals surface area contributed by atoms with Crippen molar-refractivity contribution in [1.82, 2.24) is 15.1 Å². The minimum absolute atomic E-state index is 0.247. The molecule has 0 fully saturated rings. The summed E-state index contributed by atoms with van der Waals surface area (Å²) >= 11 is 5.81. The van der Waals surface area contributed by atoms with Crippen LogP contribution < -0.4 is 5.32 Å². The van der Waals surface area contributed by atoms with Crippen molar-refractivity contribution >= 4 is 11.6 Å². The Hall–Kier alpha value is -1.39. The lowest BCUT2D eigenvalue weighted by Gasteiger charge is -2.05. The van der Waals surface area contributed by atoms with Gasteiger partial charge in [0.1, 0.15) is 5.82 Å². The Balaban J connectivity index is 1.91. The van der Waals surface area contributed by atoms with Gasteiger partial charge in [-0.1, -0.05) is 11.6 Å². The van der Waals surface area contributed by atoms with Gasteiger partial charge < -0.3 is 5.32 Å². The van der Waals surface area contributed by atoms with Crippen LogP contribution >= 0.6 is 11.6 Å². The average Bonchev–Trinajstić information content (AvgIpc) is 2.69. The molecule has 0 atom stereocenters. The number of halogens is 2. The fraction of sp³-hybridized carbons (Fsp3) is 0.250. The van der Waals surface area contributed by atoms with Crippen LogP contribution in [0, 0.1) is 5.82 Å². The molecule has 0 amide bonds. The summed E-state index contributed by atoms with van der Waals surface area (Å²) in [5.41, 5.74) is 1.49. The van der Waals surface area contributed by atoms with E-state index in [1.165, 1.54) is 6.07 Å². The molecule has 17 heavy (non-hydrogen) atoms. The van der Waals surface area contributed by atoms with Crippen LogP contribution in [0.4, 0.5) is 4.39 Å². The minimum Gasteiger partial charge on any atom is -0.307 e. The summed E-state index contributed by atoms with van der Waals surface area (Å²) in [6, 6.07) is 6.46. The number of hydrogen-bond donors (Lipinski definition) is 1. The summed E-state index contributed by atoms with van der Waals surface area (Å²) in [5.74, 6) is -0.247. The fourth-order valence-electron chi connectivity index (χ4n) is 1.56. The quantitative estimate of drug-likeness (QED) is 0.907. The van der Waals surface area contributed by atoms with Gasteiger partial charge in [-0.05, 0) is 24.3 Å². The molecule has 90 valence electrons. The van der Waals surface area contributed by atoms with Crippen LogP contribution in [0.25, 0.3) is 0 Å². The Kier molecular flexibility index (Phi) is 3.76. The van der Waals surface area contributed by atoms with Gasteiger partial charge in [-0.25, -0.2) is 4.39 Å². The van der Waals surface area contributed by atoms with Gasteiger partial charge in [-0.3, -0.25) is 4.68 Å². The van der Waals surface area contributed by atoms with Crippen molar-refractivity contribution in [3.8, 4) is 0 Å². The maximum atomic E-state index is 13.4. The van der Waals surface area contributed by atoms with E-state index >= 15 is 0 Å². The van der Waals surface area contributed by atoms with Gasteiger partial charge >= 0.3 is 0 Å². The first-order valence-electron chi connectivity index (χ1n) is 5.28. The van der Waals surface area contributed by atoms with E-state index in [-0.39, 0.29) is 5.82 Å². The summed E-state index contributed by atoms with van der Waals surface area (Å²) in [6.07, 6.45) is 1.87. The normalized spacial score (nSPS) is 10.8. The van der Waals surface area contributed by atoms with Gasteiger partial charge in [-0.15, -0.1) is 0 Å². The van der Waals surface area contributed by atoms with Crippen LogP contribution in [0.3, 0.4) is 0 Å². The molecule has 0 spiro atoms. The summed E-state index contributed by atoms with van der Waals surface area (Å²) < 4.78 is 15.1. The van der Waals surface area contributed by atoms with Crippen molar-refractivity contribution in [1.29, 1.82) is 0 Å². The lowest BCUT2D eigenvalue weighted by Crippen LogP contribution is -2.14. The van der Waals surface area contributed by atoms with E-state index in [2.05, 4.69) is 10.4 Å². The number of hydrogen-bond acceptors (Lipinski definition) is 2. The molecule has 1 aromatic heterocycles. The second-order valence-corrected chi connectivity index (χ2v) is 4.26. The molecule has 0 bridgehead atoms. The van der Waals surface area contributed by atoms with E-state index < -0.39 is 0 Å². The summed E-state index contributed by atoms with van der Waals surface area (Å²) in [7, 11) is 1.86. The zero-order valence-corrected chi connectivity index (χ0v) is 10.2. The molecule has 2 aromatic rings.